The Bertz CT molecular complexity index is 1330. The van der Waals surface area contributed by atoms with E-state index in [4.69, 9.17) is 14.2 Å². The van der Waals surface area contributed by atoms with Gasteiger partial charge in [0.25, 0.3) is 0 Å². The zero-order valence-corrected chi connectivity index (χ0v) is 18.3. The number of hydrogen-bond acceptors (Lipinski definition) is 6. The topological polar surface area (TPSA) is 94.6 Å². The van der Waals surface area contributed by atoms with Gasteiger partial charge in [0, 0.05) is 29.9 Å². The summed E-state index contributed by atoms with van der Waals surface area (Å²) >= 11 is 0. The summed E-state index contributed by atoms with van der Waals surface area (Å²) in [6.45, 7) is -0.0891. The van der Waals surface area contributed by atoms with Crippen LogP contribution in [0.15, 0.2) is 60.9 Å². The van der Waals surface area contributed by atoms with Crippen LogP contribution in [0.3, 0.4) is 0 Å². The minimum Gasteiger partial charge on any atom is -0.493 e. The second-order valence-corrected chi connectivity index (χ2v) is 7.07. The van der Waals surface area contributed by atoms with Crippen molar-refractivity contribution in [3.8, 4) is 23.1 Å². The maximum Gasteiger partial charge on any atom is 0.319 e. The normalized spacial score (nSPS) is 10.6. The number of rotatable bonds is 7. The van der Waals surface area contributed by atoms with Crippen LogP contribution in [0.1, 0.15) is 5.56 Å². The van der Waals surface area contributed by atoms with Crippen molar-refractivity contribution in [2.75, 3.05) is 19.5 Å². The maximum absolute atomic E-state index is 13.7. The Balaban J connectivity index is 1.42. The van der Waals surface area contributed by atoms with Crippen molar-refractivity contribution in [2.45, 2.75) is 6.54 Å². The summed E-state index contributed by atoms with van der Waals surface area (Å²) in [6.07, 6.45) is 1.38. The molecular formula is C24H20F2N4O4. The molecule has 0 bridgehead atoms. The molecule has 0 atom stereocenters. The molecule has 34 heavy (non-hydrogen) atoms. The lowest BCUT2D eigenvalue weighted by Gasteiger charge is -2.12. The first-order chi connectivity index (χ1) is 16.5. The van der Waals surface area contributed by atoms with Gasteiger partial charge in [-0.25, -0.2) is 23.5 Å². The highest BCUT2D eigenvalue weighted by atomic mass is 19.1. The fourth-order valence-electron chi connectivity index (χ4n) is 3.17. The molecule has 1 aromatic heterocycles. The Morgan fingerprint density at radius 1 is 0.941 bits per heavy atom. The van der Waals surface area contributed by atoms with Gasteiger partial charge in [-0.2, -0.15) is 0 Å². The van der Waals surface area contributed by atoms with Gasteiger partial charge in [-0.3, -0.25) is 0 Å². The molecule has 3 aromatic carbocycles. The zero-order valence-electron chi connectivity index (χ0n) is 18.3. The highest BCUT2D eigenvalue weighted by Crippen LogP contribution is 2.35. The molecular weight excluding hydrogens is 446 g/mol. The van der Waals surface area contributed by atoms with Gasteiger partial charge < -0.3 is 24.8 Å². The second kappa shape index (κ2) is 9.99. The van der Waals surface area contributed by atoms with Crippen molar-refractivity contribution in [1.29, 1.82) is 0 Å². The Hall–Kier alpha value is -4.47. The van der Waals surface area contributed by atoms with Gasteiger partial charge in [0.05, 0.1) is 25.1 Å². The number of methoxy groups -OCH3 is 2. The number of anilines is 1. The van der Waals surface area contributed by atoms with Gasteiger partial charge >= 0.3 is 6.03 Å². The van der Waals surface area contributed by atoms with Gasteiger partial charge in [-0.05, 0) is 36.4 Å². The zero-order chi connectivity index (χ0) is 24.1. The highest BCUT2D eigenvalue weighted by molar-refractivity contribution is 5.89. The number of hydrogen-bond donors (Lipinski definition) is 2. The van der Waals surface area contributed by atoms with Crippen LogP contribution >= 0.6 is 0 Å². The number of nitrogens with one attached hydrogen (secondary N) is 2. The quantitative estimate of drug-likeness (QED) is 0.396. The summed E-state index contributed by atoms with van der Waals surface area (Å²) in [7, 11) is 3.07. The van der Waals surface area contributed by atoms with Crippen LogP contribution in [0.2, 0.25) is 0 Å². The molecule has 0 fully saturated rings. The maximum atomic E-state index is 13.7. The summed E-state index contributed by atoms with van der Waals surface area (Å²) in [6, 6.07) is 12.7. The molecule has 0 aliphatic rings. The van der Waals surface area contributed by atoms with Crippen LogP contribution in [0.5, 0.6) is 23.1 Å². The molecule has 0 unspecified atom stereocenters. The molecule has 8 nitrogen and oxygen atoms in total. The lowest BCUT2D eigenvalue weighted by atomic mass is 10.2. The molecule has 4 aromatic rings. The largest absolute Gasteiger partial charge is 0.493 e. The van der Waals surface area contributed by atoms with Crippen molar-refractivity contribution in [3.05, 3.63) is 78.1 Å². The number of amides is 2. The minimum absolute atomic E-state index is 0.0891. The van der Waals surface area contributed by atoms with E-state index in [1.54, 1.807) is 43.5 Å². The third-order valence-corrected chi connectivity index (χ3v) is 4.89. The fourth-order valence-corrected chi connectivity index (χ4v) is 3.17. The van der Waals surface area contributed by atoms with E-state index in [2.05, 4.69) is 20.6 Å². The number of ether oxygens (including phenoxy) is 3. The Morgan fingerprint density at radius 2 is 1.68 bits per heavy atom. The molecule has 10 heteroatoms. The van der Waals surface area contributed by atoms with Crippen LogP contribution in [-0.2, 0) is 6.54 Å². The van der Waals surface area contributed by atoms with Gasteiger partial charge in [-0.1, -0.05) is 6.07 Å². The molecule has 0 aliphatic heterocycles. The third-order valence-electron chi connectivity index (χ3n) is 4.89. The molecule has 0 spiro atoms. The van der Waals surface area contributed by atoms with Crippen LogP contribution in [0.25, 0.3) is 10.9 Å². The number of halogens is 2. The summed E-state index contributed by atoms with van der Waals surface area (Å²) in [5.41, 5.74) is 1.28. The van der Waals surface area contributed by atoms with Crippen LogP contribution < -0.4 is 24.8 Å². The number of aromatic nitrogens is 2. The lowest BCUT2D eigenvalue weighted by molar-refractivity contribution is 0.251. The number of nitrogens with zero attached hydrogens (tertiary/aromatic N) is 2. The van der Waals surface area contributed by atoms with Crippen molar-refractivity contribution in [1.82, 2.24) is 15.3 Å². The number of fused-ring (bicyclic) bond motifs is 1. The first-order valence-electron chi connectivity index (χ1n) is 10.1. The number of urea groups is 1. The van der Waals surface area contributed by atoms with Crippen molar-refractivity contribution in [3.63, 3.8) is 0 Å². The molecule has 174 valence electrons. The number of carbonyl (C=O) groups excluding carboxylic acids is 1. The second-order valence-electron chi connectivity index (χ2n) is 7.07. The van der Waals surface area contributed by atoms with Crippen molar-refractivity contribution in [2.24, 2.45) is 0 Å². The molecule has 2 amide bonds. The van der Waals surface area contributed by atoms with Crippen LogP contribution in [-0.4, -0.2) is 30.2 Å². The smallest absolute Gasteiger partial charge is 0.319 e. The Kier molecular flexibility index (Phi) is 6.67. The highest BCUT2D eigenvalue weighted by Gasteiger charge is 2.13. The first-order valence-corrected chi connectivity index (χ1v) is 10.1. The molecule has 0 radical (unpaired) electrons. The monoisotopic (exact) mass is 466 g/mol. The van der Waals surface area contributed by atoms with E-state index in [9.17, 15) is 13.6 Å². The van der Waals surface area contributed by atoms with E-state index in [0.29, 0.717) is 39.7 Å². The average Bonchev–Trinajstić information content (AvgIpc) is 2.84. The van der Waals surface area contributed by atoms with Crippen LogP contribution in [0.4, 0.5) is 19.3 Å². The summed E-state index contributed by atoms with van der Waals surface area (Å²) in [5.74, 6) is 0.452. The lowest BCUT2D eigenvalue weighted by Crippen LogP contribution is -2.28. The number of benzene rings is 3. The van der Waals surface area contributed by atoms with Gasteiger partial charge in [0.2, 0.25) is 5.88 Å². The summed E-state index contributed by atoms with van der Waals surface area (Å²) in [4.78, 5) is 20.6. The average molecular weight is 466 g/mol. The Labute approximate surface area is 193 Å². The van der Waals surface area contributed by atoms with Crippen molar-refractivity contribution < 1.29 is 27.8 Å². The third kappa shape index (κ3) is 5.12. The van der Waals surface area contributed by atoms with Gasteiger partial charge in [0.15, 0.2) is 11.5 Å². The number of carbonyl (C=O) groups is 1. The van der Waals surface area contributed by atoms with E-state index in [0.717, 1.165) is 12.1 Å². The SMILES string of the molecule is COc1cc2ncnc(Oc3ccc(NC(=O)NCc4ccc(F)cc4F)cc3)c2cc1OC. The molecule has 0 saturated carbocycles. The molecule has 4 rings (SSSR count). The molecule has 0 saturated heterocycles. The summed E-state index contributed by atoms with van der Waals surface area (Å²) in [5, 5.41) is 5.79. The molecule has 2 N–H and O–H groups in total. The predicted octanol–water partition coefficient (Wildman–Crippen LogP) is 5.04. The summed E-state index contributed by atoms with van der Waals surface area (Å²) < 4.78 is 43.2. The van der Waals surface area contributed by atoms with E-state index < -0.39 is 17.7 Å². The standard InChI is InChI=1S/C24H20F2N4O4/c1-32-21-10-18-20(11-22(21)33-2)28-13-29-23(18)34-17-7-5-16(6-8-17)30-24(31)27-12-14-3-4-15(25)9-19(14)26/h3-11,13H,12H2,1-2H3,(H2,27,30,31). The molecule has 0 aliphatic carbocycles. The van der Waals surface area contributed by atoms with Gasteiger partial charge in [0.1, 0.15) is 23.7 Å². The molecule has 1 heterocycles. The van der Waals surface area contributed by atoms with Crippen molar-refractivity contribution >= 4 is 22.6 Å². The van der Waals surface area contributed by atoms with E-state index in [-0.39, 0.29) is 12.1 Å². The fraction of sp³-hybridized carbons (Fsp3) is 0.125. The van der Waals surface area contributed by atoms with Gasteiger partial charge in [-0.15, -0.1) is 0 Å². The first kappa shape index (κ1) is 22.7. The predicted molar refractivity (Wildman–Crippen MR) is 121 cm³/mol. The Morgan fingerprint density at radius 3 is 2.38 bits per heavy atom. The van der Waals surface area contributed by atoms with Crippen LogP contribution in [0, 0.1) is 11.6 Å². The minimum atomic E-state index is -0.727. The van der Waals surface area contributed by atoms with E-state index in [1.807, 2.05) is 0 Å². The van der Waals surface area contributed by atoms with E-state index in [1.165, 1.54) is 19.5 Å². The van der Waals surface area contributed by atoms with E-state index >= 15 is 0 Å².